The van der Waals surface area contributed by atoms with Crippen molar-refractivity contribution in [3.05, 3.63) is 12.2 Å². The highest BCUT2D eigenvalue weighted by atomic mass is 16.6. The van der Waals surface area contributed by atoms with Crippen LogP contribution in [-0.2, 0) is 19.1 Å². The van der Waals surface area contributed by atoms with Gasteiger partial charge in [-0.15, -0.1) is 0 Å². The van der Waals surface area contributed by atoms with Crippen LogP contribution in [0.3, 0.4) is 0 Å². The molecule has 0 aromatic carbocycles. The molecule has 0 spiro atoms. The van der Waals surface area contributed by atoms with Gasteiger partial charge in [0.1, 0.15) is 0 Å². The van der Waals surface area contributed by atoms with Crippen molar-refractivity contribution in [2.24, 2.45) is 0 Å². The lowest BCUT2D eigenvalue weighted by Crippen LogP contribution is -2.11. The fourth-order valence-electron chi connectivity index (χ4n) is 1.45. The van der Waals surface area contributed by atoms with Gasteiger partial charge in [0, 0.05) is 6.08 Å². The Morgan fingerprint density at radius 2 is 1.74 bits per heavy atom. The predicted molar refractivity (Wildman–Crippen MR) is 70.5 cm³/mol. The number of esters is 2. The minimum Gasteiger partial charge on any atom is -0.481 e. The average Bonchev–Trinajstić information content (AvgIpc) is 2.35. The molecule has 0 aromatic rings. The molecule has 0 atom stereocenters. The van der Waals surface area contributed by atoms with Gasteiger partial charge in [-0.05, 0) is 12.8 Å². The zero-order valence-corrected chi connectivity index (χ0v) is 11.4. The summed E-state index contributed by atoms with van der Waals surface area (Å²) < 4.78 is 4.42. The van der Waals surface area contributed by atoms with Crippen LogP contribution >= 0.6 is 0 Å². The van der Waals surface area contributed by atoms with E-state index in [4.69, 9.17) is 5.11 Å². The van der Waals surface area contributed by atoms with Gasteiger partial charge in [0.15, 0.2) is 0 Å². The number of carboxylic acid groups (broad SMARTS) is 1. The van der Waals surface area contributed by atoms with Crippen molar-refractivity contribution in [3.8, 4) is 0 Å². The Kier molecular flexibility index (Phi) is 10.4. The summed E-state index contributed by atoms with van der Waals surface area (Å²) in [6.45, 7) is 2.15. The van der Waals surface area contributed by atoms with Crippen molar-refractivity contribution < 1.29 is 24.2 Å². The topological polar surface area (TPSA) is 80.7 Å². The molecule has 0 aromatic heterocycles. The predicted octanol–water partition coefficient (Wildman–Crippen LogP) is 2.84. The highest BCUT2D eigenvalue weighted by Gasteiger charge is 2.09. The third-order valence-corrected chi connectivity index (χ3v) is 2.49. The molecule has 108 valence electrons. The summed E-state index contributed by atoms with van der Waals surface area (Å²) in [6.07, 6.45) is 8.83. The zero-order chi connectivity index (χ0) is 14.5. The Morgan fingerprint density at radius 1 is 1.05 bits per heavy atom. The Labute approximate surface area is 113 Å². The zero-order valence-electron chi connectivity index (χ0n) is 11.4. The lowest BCUT2D eigenvalue weighted by molar-refractivity contribution is -0.157. The first-order valence-corrected chi connectivity index (χ1v) is 6.69. The molecule has 0 radical (unpaired) electrons. The van der Waals surface area contributed by atoms with Gasteiger partial charge in [0.2, 0.25) is 0 Å². The summed E-state index contributed by atoms with van der Waals surface area (Å²) in [7, 11) is 0. The van der Waals surface area contributed by atoms with Gasteiger partial charge in [0.05, 0.1) is 12.8 Å². The van der Waals surface area contributed by atoms with Gasteiger partial charge in [-0.1, -0.05) is 38.7 Å². The minimum absolute atomic E-state index is 0.286. The largest absolute Gasteiger partial charge is 0.481 e. The molecular formula is C14H22O5. The van der Waals surface area contributed by atoms with E-state index < -0.39 is 17.9 Å². The molecule has 0 aliphatic heterocycles. The van der Waals surface area contributed by atoms with E-state index in [9.17, 15) is 14.4 Å². The van der Waals surface area contributed by atoms with Crippen molar-refractivity contribution in [1.82, 2.24) is 0 Å². The van der Waals surface area contributed by atoms with Gasteiger partial charge < -0.3 is 9.84 Å². The number of carbonyl (C=O) groups excluding carboxylic acids is 2. The Morgan fingerprint density at radius 3 is 2.37 bits per heavy atom. The van der Waals surface area contributed by atoms with Gasteiger partial charge >= 0.3 is 17.9 Å². The smallest absolute Gasteiger partial charge is 0.338 e. The Hall–Kier alpha value is -1.65. The molecule has 5 nitrogen and oxygen atoms in total. The second-order valence-electron chi connectivity index (χ2n) is 4.29. The van der Waals surface area contributed by atoms with Gasteiger partial charge in [-0.3, -0.25) is 9.59 Å². The van der Waals surface area contributed by atoms with Crippen molar-refractivity contribution in [2.75, 3.05) is 0 Å². The van der Waals surface area contributed by atoms with Crippen LogP contribution in [0.5, 0.6) is 0 Å². The van der Waals surface area contributed by atoms with E-state index in [1.807, 2.05) is 0 Å². The molecule has 1 N–H and O–H groups in total. The van der Waals surface area contributed by atoms with Gasteiger partial charge in [0.25, 0.3) is 0 Å². The molecule has 0 fully saturated rings. The average molecular weight is 270 g/mol. The van der Waals surface area contributed by atoms with Crippen LogP contribution < -0.4 is 0 Å². The van der Waals surface area contributed by atoms with Crippen LogP contribution in [0.1, 0.15) is 58.3 Å². The van der Waals surface area contributed by atoms with Crippen LogP contribution in [0.15, 0.2) is 12.2 Å². The molecular weight excluding hydrogens is 248 g/mol. The molecule has 0 bridgehead atoms. The number of allylic oxidation sites excluding steroid dienone is 1. The van der Waals surface area contributed by atoms with Gasteiger partial charge in [-0.2, -0.15) is 0 Å². The number of hydrogen-bond donors (Lipinski definition) is 1. The maximum atomic E-state index is 11.2. The van der Waals surface area contributed by atoms with Crippen molar-refractivity contribution >= 4 is 17.9 Å². The number of hydrogen-bond acceptors (Lipinski definition) is 4. The van der Waals surface area contributed by atoms with E-state index in [1.165, 1.54) is 25.3 Å². The number of unbranched alkanes of at least 4 members (excludes halogenated alkanes) is 5. The summed E-state index contributed by atoms with van der Waals surface area (Å²) >= 11 is 0. The molecule has 0 aliphatic rings. The SMILES string of the molecule is CCCCCCCC=CC(=O)OC(=O)CCC(=O)O. The number of rotatable bonds is 10. The standard InChI is InChI=1S/C14H22O5/c1-2-3-4-5-6-7-8-9-13(17)19-14(18)11-10-12(15)16/h8-9H,2-7,10-11H2,1H3,(H,15,16). The monoisotopic (exact) mass is 270 g/mol. The van der Waals surface area contributed by atoms with E-state index in [2.05, 4.69) is 11.7 Å². The third kappa shape index (κ3) is 12.6. The van der Waals surface area contributed by atoms with E-state index in [1.54, 1.807) is 6.08 Å². The first kappa shape index (κ1) is 17.4. The molecule has 0 aliphatic carbocycles. The van der Waals surface area contributed by atoms with E-state index in [0.29, 0.717) is 0 Å². The highest BCUT2D eigenvalue weighted by molar-refractivity contribution is 5.92. The maximum absolute atomic E-state index is 11.2. The second-order valence-corrected chi connectivity index (χ2v) is 4.29. The minimum atomic E-state index is -1.09. The first-order chi connectivity index (χ1) is 9.06. The summed E-state index contributed by atoms with van der Waals surface area (Å²) in [6, 6.07) is 0. The van der Waals surface area contributed by atoms with Crippen molar-refractivity contribution in [2.45, 2.75) is 58.3 Å². The second kappa shape index (κ2) is 11.4. The van der Waals surface area contributed by atoms with Crippen LogP contribution in [-0.4, -0.2) is 23.0 Å². The fourth-order valence-corrected chi connectivity index (χ4v) is 1.45. The lowest BCUT2D eigenvalue weighted by atomic mass is 10.1. The summed E-state index contributed by atoms with van der Waals surface area (Å²) in [5, 5.41) is 8.35. The molecule has 5 heteroatoms. The number of carbonyl (C=O) groups is 3. The molecule has 0 saturated heterocycles. The van der Waals surface area contributed by atoms with Crippen LogP contribution in [0.4, 0.5) is 0 Å². The number of aliphatic carboxylic acids is 1. The molecule has 19 heavy (non-hydrogen) atoms. The first-order valence-electron chi connectivity index (χ1n) is 6.69. The molecule has 0 rings (SSSR count). The summed E-state index contributed by atoms with van der Waals surface area (Å²) in [5.74, 6) is -2.63. The summed E-state index contributed by atoms with van der Waals surface area (Å²) in [4.78, 5) is 32.4. The van der Waals surface area contributed by atoms with E-state index in [-0.39, 0.29) is 12.8 Å². The molecule has 0 saturated carbocycles. The third-order valence-electron chi connectivity index (χ3n) is 2.49. The van der Waals surface area contributed by atoms with Crippen LogP contribution in [0.25, 0.3) is 0 Å². The fraction of sp³-hybridized carbons (Fsp3) is 0.643. The number of ether oxygens (including phenoxy) is 1. The maximum Gasteiger partial charge on any atom is 0.338 e. The Bertz CT molecular complexity index is 320. The molecule has 0 heterocycles. The lowest BCUT2D eigenvalue weighted by Gasteiger charge is -1.98. The van der Waals surface area contributed by atoms with Crippen molar-refractivity contribution in [3.63, 3.8) is 0 Å². The molecule has 0 amide bonds. The van der Waals surface area contributed by atoms with Crippen molar-refractivity contribution in [1.29, 1.82) is 0 Å². The van der Waals surface area contributed by atoms with Crippen LogP contribution in [0, 0.1) is 0 Å². The highest BCUT2D eigenvalue weighted by Crippen LogP contribution is 2.05. The van der Waals surface area contributed by atoms with E-state index in [0.717, 1.165) is 19.3 Å². The summed E-state index contributed by atoms with van der Waals surface area (Å²) in [5.41, 5.74) is 0. The van der Waals surface area contributed by atoms with Crippen LogP contribution in [0.2, 0.25) is 0 Å². The number of carboxylic acids is 1. The van der Waals surface area contributed by atoms with Gasteiger partial charge in [-0.25, -0.2) is 4.79 Å². The van der Waals surface area contributed by atoms with E-state index >= 15 is 0 Å². The normalized spacial score (nSPS) is 10.6. The quantitative estimate of drug-likeness (QED) is 0.286. The molecule has 0 unspecified atom stereocenters. The Balaban J connectivity index is 3.61.